The summed E-state index contributed by atoms with van der Waals surface area (Å²) in [6.07, 6.45) is 3.51. The average Bonchev–Trinajstić information content (AvgIpc) is 3.02. The Labute approximate surface area is 160 Å². The minimum atomic E-state index is -0.0642. The van der Waals surface area contributed by atoms with Gasteiger partial charge in [0.25, 0.3) is 0 Å². The molecule has 1 aliphatic heterocycles. The SMILES string of the molecule is COc1ccc(NC(=O)C2CCc3ncc(C)n3C2)cc1OCCN(C)C. The van der Waals surface area contributed by atoms with Crippen LogP contribution >= 0.6 is 0 Å². The van der Waals surface area contributed by atoms with Gasteiger partial charge >= 0.3 is 0 Å². The van der Waals surface area contributed by atoms with E-state index in [9.17, 15) is 4.79 Å². The van der Waals surface area contributed by atoms with Crippen molar-refractivity contribution in [3.8, 4) is 11.5 Å². The highest BCUT2D eigenvalue weighted by atomic mass is 16.5. The van der Waals surface area contributed by atoms with Crippen molar-refractivity contribution in [1.29, 1.82) is 0 Å². The molecule has 0 fully saturated rings. The molecule has 1 unspecified atom stereocenters. The largest absolute Gasteiger partial charge is 0.493 e. The van der Waals surface area contributed by atoms with Crippen LogP contribution in [0.3, 0.4) is 0 Å². The van der Waals surface area contributed by atoms with Crippen molar-refractivity contribution in [2.45, 2.75) is 26.3 Å². The van der Waals surface area contributed by atoms with Gasteiger partial charge in [-0.25, -0.2) is 4.98 Å². The predicted molar refractivity (Wildman–Crippen MR) is 104 cm³/mol. The topological polar surface area (TPSA) is 68.6 Å². The Kier molecular flexibility index (Phi) is 6.01. The molecule has 1 amide bonds. The highest BCUT2D eigenvalue weighted by molar-refractivity contribution is 5.93. The number of aryl methyl sites for hydroxylation is 2. The smallest absolute Gasteiger partial charge is 0.229 e. The zero-order chi connectivity index (χ0) is 19.4. The average molecular weight is 372 g/mol. The molecule has 0 spiro atoms. The molecule has 0 aliphatic carbocycles. The maximum Gasteiger partial charge on any atom is 0.229 e. The molecule has 0 saturated carbocycles. The fourth-order valence-corrected chi connectivity index (χ4v) is 3.24. The lowest BCUT2D eigenvalue weighted by atomic mass is 9.98. The first-order chi connectivity index (χ1) is 13.0. The lowest BCUT2D eigenvalue weighted by molar-refractivity contribution is -0.120. The Hall–Kier alpha value is -2.54. The van der Waals surface area contributed by atoms with Crippen LogP contribution in [0, 0.1) is 12.8 Å². The number of nitrogens with one attached hydrogen (secondary N) is 1. The summed E-state index contributed by atoms with van der Waals surface area (Å²) in [6, 6.07) is 5.48. The number of likely N-dealkylation sites (N-methyl/N-ethyl adjacent to an activating group) is 1. The van der Waals surface area contributed by atoms with Crippen LogP contribution in [-0.4, -0.2) is 54.7 Å². The number of nitrogens with zero attached hydrogens (tertiary/aromatic N) is 3. The molecule has 1 atom stereocenters. The molecule has 146 valence electrons. The van der Waals surface area contributed by atoms with E-state index in [-0.39, 0.29) is 11.8 Å². The number of amides is 1. The van der Waals surface area contributed by atoms with E-state index in [1.54, 1.807) is 7.11 Å². The van der Waals surface area contributed by atoms with E-state index in [2.05, 4.69) is 14.9 Å². The summed E-state index contributed by atoms with van der Waals surface area (Å²) in [7, 11) is 5.60. The monoisotopic (exact) mass is 372 g/mol. The van der Waals surface area contributed by atoms with Crippen molar-refractivity contribution < 1.29 is 14.3 Å². The van der Waals surface area contributed by atoms with Crippen LogP contribution in [-0.2, 0) is 17.8 Å². The van der Waals surface area contributed by atoms with Crippen molar-refractivity contribution in [2.24, 2.45) is 5.92 Å². The van der Waals surface area contributed by atoms with E-state index >= 15 is 0 Å². The fraction of sp³-hybridized carbons (Fsp3) is 0.500. The van der Waals surface area contributed by atoms with Gasteiger partial charge in [-0.1, -0.05) is 0 Å². The van der Waals surface area contributed by atoms with E-state index < -0.39 is 0 Å². The Balaban J connectivity index is 1.66. The van der Waals surface area contributed by atoms with E-state index in [1.165, 1.54) is 0 Å². The van der Waals surface area contributed by atoms with Crippen LogP contribution in [0.15, 0.2) is 24.4 Å². The summed E-state index contributed by atoms with van der Waals surface area (Å²) in [6.45, 7) is 4.05. The van der Waals surface area contributed by atoms with Gasteiger partial charge < -0.3 is 24.3 Å². The van der Waals surface area contributed by atoms with Gasteiger partial charge in [0.05, 0.1) is 13.0 Å². The minimum absolute atomic E-state index is 0.0261. The number of imidazole rings is 1. The summed E-state index contributed by atoms with van der Waals surface area (Å²) in [5.41, 5.74) is 1.82. The summed E-state index contributed by atoms with van der Waals surface area (Å²) in [5, 5.41) is 3.03. The molecule has 7 heteroatoms. The molecule has 1 N–H and O–H groups in total. The maximum absolute atomic E-state index is 12.8. The minimum Gasteiger partial charge on any atom is -0.493 e. The van der Waals surface area contributed by atoms with Crippen LogP contribution in [0.1, 0.15) is 17.9 Å². The summed E-state index contributed by atoms with van der Waals surface area (Å²) >= 11 is 0. The van der Waals surface area contributed by atoms with Gasteiger partial charge in [-0.05, 0) is 39.6 Å². The number of carbonyl (C=O) groups excluding carboxylic acids is 1. The number of carbonyl (C=O) groups is 1. The third-order valence-electron chi connectivity index (χ3n) is 4.86. The maximum atomic E-state index is 12.8. The number of anilines is 1. The highest BCUT2D eigenvalue weighted by Gasteiger charge is 2.26. The molecule has 2 aromatic rings. The normalized spacial score (nSPS) is 16.1. The number of methoxy groups -OCH3 is 1. The van der Waals surface area contributed by atoms with Gasteiger partial charge in [0, 0.05) is 43.2 Å². The van der Waals surface area contributed by atoms with Gasteiger partial charge in [0.2, 0.25) is 5.91 Å². The number of hydrogen-bond donors (Lipinski definition) is 1. The van der Waals surface area contributed by atoms with Gasteiger partial charge in [-0.3, -0.25) is 4.79 Å². The van der Waals surface area contributed by atoms with Crippen LogP contribution in [0.4, 0.5) is 5.69 Å². The molecule has 7 nitrogen and oxygen atoms in total. The third kappa shape index (κ3) is 4.60. The Morgan fingerprint density at radius 2 is 2.19 bits per heavy atom. The first-order valence-electron chi connectivity index (χ1n) is 9.25. The van der Waals surface area contributed by atoms with Crippen molar-refractivity contribution >= 4 is 11.6 Å². The number of aromatic nitrogens is 2. The number of rotatable bonds is 7. The molecule has 1 aromatic heterocycles. The molecule has 2 heterocycles. The van der Waals surface area contributed by atoms with E-state index in [4.69, 9.17) is 9.47 Å². The second kappa shape index (κ2) is 8.43. The van der Waals surface area contributed by atoms with Crippen molar-refractivity contribution in [2.75, 3.05) is 39.7 Å². The zero-order valence-corrected chi connectivity index (χ0v) is 16.5. The van der Waals surface area contributed by atoms with Gasteiger partial charge in [0.1, 0.15) is 12.4 Å². The molecule has 3 rings (SSSR count). The van der Waals surface area contributed by atoms with Crippen molar-refractivity contribution in [3.63, 3.8) is 0 Å². The predicted octanol–water partition coefficient (Wildman–Crippen LogP) is 2.34. The van der Waals surface area contributed by atoms with Gasteiger partial charge in [-0.2, -0.15) is 0 Å². The third-order valence-corrected chi connectivity index (χ3v) is 4.86. The first-order valence-corrected chi connectivity index (χ1v) is 9.25. The van der Waals surface area contributed by atoms with Crippen LogP contribution in [0.25, 0.3) is 0 Å². The molecule has 27 heavy (non-hydrogen) atoms. The van der Waals surface area contributed by atoms with Gasteiger partial charge in [-0.15, -0.1) is 0 Å². The fourth-order valence-electron chi connectivity index (χ4n) is 3.24. The number of benzene rings is 1. The van der Waals surface area contributed by atoms with Crippen LogP contribution in [0.5, 0.6) is 11.5 Å². The molecule has 0 bridgehead atoms. The lowest BCUT2D eigenvalue weighted by Crippen LogP contribution is -2.31. The van der Waals surface area contributed by atoms with E-state index in [1.807, 2.05) is 50.3 Å². The zero-order valence-electron chi connectivity index (χ0n) is 16.5. The van der Waals surface area contributed by atoms with E-state index in [0.29, 0.717) is 30.3 Å². The summed E-state index contributed by atoms with van der Waals surface area (Å²) < 4.78 is 13.3. The second-order valence-electron chi connectivity index (χ2n) is 7.17. The molecule has 0 saturated heterocycles. The van der Waals surface area contributed by atoms with Crippen molar-refractivity contribution in [1.82, 2.24) is 14.5 Å². The summed E-state index contributed by atoms with van der Waals surface area (Å²) in [4.78, 5) is 19.2. The molecule has 1 aliphatic rings. The molecule has 0 radical (unpaired) electrons. The molecular formula is C20H28N4O3. The van der Waals surface area contributed by atoms with Crippen LogP contribution < -0.4 is 14.8 Å². The Bertz CT molecular complexity index is 801. The number of hydrogen-bond acceptors (Lipinski definition) is 5. The molecule has 1 aromatic carbocycles. The molecular weight excluding hydrogens is 344 g/mol. The van der Waals surface area contributed by atoms with Gasteiger partial charge in [0.15, 0.2) is 11.5 Å². The number of fused-ring (bicyclic) bond motifs is 1. The number of ether oxygens (including phenoxy) is 2. The van der Waals surface area contributed by atoms with E-state index in [0.717, 1.165) is 30.9 Å². The standard InChI is InChI=1S/C20H28N4O3/c1-14-12-21-19-8-5-15(13-24(14)19)20(25)22-16-6-7-17(26-4)18(11-16)27-10-9-23(2)3/h6-7,11-12,15H,5,8-10,13H2,1-4H3,(H,22,25). The highest BCUT2D eigenvalue weighted by Crippen LogP contribution is 2.31. The second-order valence-corrected chi connectivity index (χ2v) is 7.17. The first kappa shape index (κ1) is 19.2. The summed E-state index contributed by atoms with van der Waals surface area (Å²) in [5.74, 6) is 2.32. The quantitative estimate of drug-likeness (QED) is 0.808. The Morgan fingerprint density at radius 3 is 2.93 bits per heavy atom. The lowest BCUT2D eigenvalue weighted by Gasteiger charge is -2.24. The Morgan fingerprint density at radius 1 is 1.37 bits per heavy atom. The van der Waals surface area contributed by atoms with Crippen molar-refractivity contribution in [3.05, 3.63) is 35.9 Å². The van der Waals surface area contributed by atoms with Crippen LogP contribution in [0.2, 0.25) is 0 Å².